The van der Waals surface area contributed by atoms with E-state index in [9.17, 15) is 0 Å². The first-order valence-corrected chi connectivity index (χ1v) is 6.23. The van der Waals surface area contributed by atoms with E-state index in [4.69, 9.17) is 22.1 Å². The summed E-state index contributed by atoms with van der Waals surface area (Å²) in [7, 11) is 1.64. The monoisotopic (exact) mass is 256 g/mol. The van der Waals surface area contributed by atoms with E-state index in [-0.39, 0.29) is 0 Å². The lowest BCUT2D eigenvalue weighted by atomic mass is 9.96. The van der Waals surface area contributed by atoms with Gasteiger partial charge in [0.05, 0.1) is 17.8 Å². The molecule has 1 aromatic carbocycles. The molecule has 1 unspecified atom stereocenters. The summed E-state index contributed by atoms with van der Waals surface area (Å²) in [4.78, 5) is 0. The molecule has 0 heterocycles. The number of rotatable bonds is 6. The van der Waals surface area contributed by atoms with E-state index in [1.807, 2.05) is 18.2 Å². The average molecular weight is 257 g/mol. The molecule has 0 saturated heterocycles. The van der Waals surface area contributed by atoms with Gasteiger partial charge in [-0.05, 0) is 30.5 Å². The van der Waals surface area contributed by atoms with E-state index in [0.717, 1.165) is 18.0 Å². The highest BCUT2D eigenvalue weighted by Crippen LogP contribution is 2.27. The van der Waals surface area contributed by atoms with Crippen LogP contribution in [0.3, 0.4) is 0 Å². The van der Waals surface area contributed by atoms with E-state index in [1.54, 1.807) is 7.11 Å². The van der Waals surface area contributed by atoms with Gasteiger partial charge in [-0.15, -0.1) is 0 Å². The molecule has 0 aliphatic heterocycles. The molecule has 0 amide bonds. The third kappa shape index (κ3) is 4.10. The van der Waals surface area contributed by atoms with Crippen molar-refractivity contribution in [1.29, 1.82) is 0 Å². The number of ether oxygens (including phenoxy) is 1. The van der Waals surface area contributed by atoms with Gasteiger partial charge >= 0.3 is 0 Å². The molecule has 4 heteroatoms. The van der Waals surface area contributed by atoms with Gasteiger partial charge in [-0.2, -0.15) is 0 Å². The van der Waals surface area contributed by atoms with Crippen molar-refractivity contribution in [3.8, 4) is 5.75 Å². The molecule has 0 saturated carbocycles. The number of nitrogens with one attached hydrogen (secondary N) is 1. The van der Waals surface area contributed by atoms with Crippen molar-refractivity contribution in [1.82, 2.24) is 0 Å². The second-order valence-corrected chi connectivity index (χ2v) is 4.87. The molecule has 0 fully saturated rings. The third-order valence-electron chi connectivity index (χ3n) is 2.97. The van der Waals surface area contributed by atoms with Crippen LogP contribution in [0.1, 0.15) is 13.8 Å². The molecule has 0 aromatic heterocycles. The van der Waals surface area contributed by atoms with Crippen LogP contribution >= 0.6 is 11.6 Å². The lowest BCUT2D eigenvalue weighted by molar-refractivity contribution is 0.411. The van der Waals surface area contributed by atoms with Crippen LogP contribution in [0.2, 0.25) is 5.02 Å². The van der Waals surface area contributed by atoms with E-state index in [1.165, 1.54) is 0 Å². The number of hydrogen-bond acceptors (Lipinski definition) is 3. The molecule has 0 aliphatic carbocycles. The lowest BCUT2D eigenvalue weighted by Crippen LogP contribution is -2.27. The Bertz CT molecular complexity index is 355. The second kappa shape index (κ2) is 6.72. The van der Waals surface area contributed by atoms with Gasteiger partial charge in [0, 0.05) is 12.6 Å². The Balaban J connectivity index is 2.67. The highest BCUT2D eigenvalue weighted by Gasteiger charge is 2.12. The Labute approximate surface area is 108 Å². The number of halogens is 1. The summed E-state index contributed by atoms with van der Waals surface area (Å²) >= 11 is 6.11. The number of benzene rings is 1. The van der Waals surface area contributed by atoms with Gasteiger partial charge in [0.2, 0.25) is 0 Å². The third-order valence-corrected chi connectivity index (χ3v) is 3.30. The maximum absolute atomic E-state index is 6.11. The maximum Gasteiger partial charge on any atom is 0.121 e. The van der Waals surface area contributed by atoms with Gasteiger partial charge in [-0.1, -0.05) is 25.4 Å². The topological polar surface area (TPSA) is 47.3 Å². The van der Waals surface area contributed by atoms with E-state index < -0.39 is 0 Å². The van der Waals surface area contributed by atoms with Crippen LogP contribution in [-0.2, 0) is 0 Å². The molecule has 3 nitrogen and oxygen atoms in total. The summed E-state index contributed by atoms with van der Waals surface area (Å²) in [5.74, 6) is 1.79. The summed E-state index contributed by atoms with van der Waals surface area (Å²) in [6.07, 6.45) is 0. The van der Waals surface area contributed by atoms with Crippen molar-refractivity contribution in [3.63, 3.8) is 0 Å². The smallest absolute Gasteiger partial charge is 0.121 e. The molecule has 0 bridgehead atoms. The first kappa shape index (κ1) is 14.1. The molecule has 0 aliphatic rings. The molecule has 1 aromatic rings. The second-order valence-electron chi connectivity index (χ2n) is 4.47. The predicted molar refractivity (Wildman–Crippen MR) is 73.9 cm³/mol. The number of hydrogen-bond donors (Lipinski definition) is 2. The Kier molecular flexibility index (Phi) is 5.59. The number of anilines is 1. The van der Waals surface area contributed by atoms with Crippen LogP contribution in [0.15, 0.2) is 18.2 Å². The van der Waals surface area contributed by atoms with E-state index in [2.05, 4.69) is 19.2 Å². The first-order valence-electron chi connectivity index (χ1n) is 5.86. The van der Waals surface area contributed by atoms with Crippen LogP contribution in [0.5, 0.6) is 5.75 Å². The van der Waals surface area contributed by atoms with Crippen molar-refractivity contribution < 1.29 is 4.74 Å². The minimum atomic E-state index is 0.442. The number of nitrogens with two attached hydrogens (primary N) is 1. The van der Waals surface area contributed by atoms with Crippen LogP contribution in [0, 0.1) is 11.8 Å². The zero-order valence-corrected chi connectivity index (χ0v) is 11.4. The van der Waals surface area contributed by atoms with Gasteiger partial charge in [-0.3, -0.25) is 0 Å². The summed E-state index contributed by atoms with van der Waals surface area (Å²) in [6, 6.07) is 5.57. The van der Waals surface area contributed by atoms with Gasteiger partial charge < -0.3 is 15.8 Å². The number of methoxy groups -OCH3 is 1. The standard InChI is InChI=1S/C13H21ClN2O/c1-9(2)10(7-15)8-16-13-6-11(17-3)4-5-12(13)14/h4-6,9-10,16H,7-8,15H2,1-3H3. The minimum absolute atomic E-state index is 0.442. The maximum atomic E-state index is 6.11. The normalized spacial score (nSPS) is 12.6. The fraction of sp³-hybridized carbons (Fsp3) is 0.538. The van der Waals surface area contributed by atoms with Crippen LogP contribution in [0.4, 0.5) is 5.69 Å². The molecule has 0 radical (unpaired) electrons. The van der Waals surface area contributed by atoms with Gasteiger partial charge in [0.15, 0.2) is 0 Å². The molecule has 1 rings (SSSR count). The summed E-state index contributed by atoms with van der Waals surface area (Å²) < 4.78 is 5.17. The minimum Gasteiger partial charge on any atom is -0.497 e. The van der Waals surface area contributed by atoms with E-state index >= 15 is 0 Å². The van der Waals surface area contributed by atoms with Crippen molar-refractivity contribution in [3.05, 3.63) is 23.2 Å². The van der Waals surface area contributed by atoms with Crippen molar-refractivity contribution >= 4 is 17.3 Å². The average Bonchev–Trinajstić information content (AvgIpc) is 2.31. The highest BCUT2D eigenvalue weighted by molar-refractivity contribution is 6.33. The van der Waals surface area contributed by atoms with E-state index in [0.29, 0.717) is 23.4 Å². The summed E-state index contributed by atoms with van der Waals surface area (Å²) in [5, 5.41) is 4.03. The summed E-state index contributed by atoms with van der Waals surface area (Å²) in [6.45, 7) is 5.84. The summed E-state index contributed by atoms with van der Waals surface area (Å²) in [5.41, 5.74) is 6.63. The first-order chi connectivity index (χ1) is 8.08. The van der Waals surface area contributed by atoms with Crippen LogP contribution in [0.25, 0.3) is 0 Å². The molecular formula is C13H21ClN2O. The van der Waals surface area contributed by atoms with Crippen molar-refractivity contribution in [2.24, 2.45) is 17.6 Å². The zero-order valence-electron chi connectivity index (χ0n) is 10.7. The molecule has 3 N–H and O–H groups in total. The Hall–Kier alpha value is -0.930. The molecule has 1 atom stereocenters. The van der Waals surface area contributed by atoms with Crippen molar-refractivity contribution in [2.75, 3.05) is 25.5 Å². The SMILES string of the molecule is COc1ccc(Cl)c(NCC(CN)C(C)C)c1. The molecule has 96 valence electrons. The largest absolute Gasteiger partial charge is 0.497 e. The van der Waals surface area contributed by atoms with Gasteiger partial charge in [0.25, 0.3) is 0 Å². The highest BCUT2D eigenvalue weighted by atomic mass is 35.5. The zero-order chi connectivity index (χ0) is 12.8. The molecule has 17 heavy (non-hydrogen) atoms. The van der Waals surface area contributed by atoms with Gasteiger partial charge in [-0.25, -0.2) is 0 Å². The molecule has 0 spiro atoms. The fourth-order valence-electron chi connectivity index (χ4n) is 1.60. The van der Waals surface area contributed by atoms with Gasteiger partial charge in [0.1, 0.15) is 5.75 Å². The quantitative estimate of drug-likeness (QED) is 0.823. The van der Waals surface area contributed by atoms with Crippen LogP contribution < -0.4 is 15.8 Å². The molecular weight excluding hydrogens is 236 g/mol. The van der Waals surface area contributed by atoms with Crippen molar-refractivity contribution in [2.45, 2.75) is 13.8 Å². The Morgan fingerprint density at radius 1 is 1.41 bits per heavy atom. The predicted octanol–water partition coefficient (Wildman–Crippen LogP) is 2.99. The Morgan fingerprint density at radius 3 is 2.65 bits per heavy atom. The fourth-order valence-corrected chi connectivity index (χ4v) is 1.78. The van der Waals surface area contributed by atoms with Crippen LogP contribution in [-0.4, -0.2) is 20.2 Å². The lowest BCUT2D eigenvalue weighted by Gasteiger charge is -2.20. The Morgan fingerprint density at radius 2 is 2.12 bits per heavy atom.